The number of hydrogen-bond donors (Lipinski definition) is 1. The highest BCUT2D eigenvalue weighted by Crippen LogP contribution is 2.25. The Kier molecular flexibility index (Phi) is 30.1. The number of carbonyl (C=O) groups is 3. The summed E-state index contributed by atoms with van der Waals surface area (Å²) in [5, 5.41) is 2.23. The van der Waals surface area contributed by atoms with Crippen molar-refractivity contribution in [1.82, 2.24) is 15.2 Å². The van der Waals surface area contributed by atoms with Gasteiger partial charge in [0.1, 0.15) is 36.3 Å². The fourth-order valence-electron chi connectivity index (χ4n) is 3.88. The average Bonchev–Trinajstić information content (AvgIpc) is 3.18. The molecule has 1 aromatic carbocycles. The molecule has 0 saturated heterocycles. The van der Waals surface area contributed by atoms with Crippen molar-refractivity contribution in [3.05, 3.63) is 149 Å². The molecule has 1 aromatic heterocycles. The number of aldehydes is 2. The summed E-state index contributed by atoms with van der Waals surface area (Å²) < 4.78 is 50.6. The number of nitrogens with one attached hydrogen (secondary N) is 1. The summed E-state index contributed by atoms with van der Waals surface area (Å²) in [6.45, 7) is 15.1. The predicted molar refractivity (Wildman–Crippen MR) is 223 cm³/mol. The zero-order chi connectivity index (χ0) is 41.5. The molecule has 0 fully saturated rings. The number of allylic oxidation sites excluding steroid dienone is 10. The molecule has 0 radical (unpaired) electrons. The summed E-state index contributed by atoms with van der Waals surface area (Å²) in [5.74, 6) is -1.19. The number of thioether (sulfide) groups is 1. The van der Waals surface area contributed by atoms with Gasteiger partial charge in [-0.3, -0.25) is 18.8 Å². The van der Waals surface area contributed by atoms with Crippen LogP contribution in [0.1, 0.15) is 57.1 Å². The Labute approximate surface area is 326 Å². The van der Waals surface area contributed by atoms with Gasteiger partial charge in [0.05, 0.1) is 4.91 Å². The number of aromatic nitrogens is 1. The van der Waals surface area contributed by atoms with Gasteiger partial charge in [-0.15, -0.1) is 11.8 Å². The van der Waals surface area contributed by atoms with Crippen molar-refractivity contribution in [3.63, 3.8) is 0 Å². The fraction of sp³-hybridized carbons (Fsp3) is 0.286. The number of amides is 1. The third-order valence-electron chi connectivity index (χ3n) is 6.65. The number of nitrogens with zero attached hydrogens (tertiary/aromatic N) is 2. The molecule has 294 valence electrons. The normalized spacial score (nSPS) is 14.3. The highest BCUT2D eigenvalue weighted by atomic mass is 32.2. The van der Waals surface area contributed by atoms with Crippen LogP contribution in [0.25, 0.3) is 11.1 Å². The first-order valence-electron chi connectivity index (χ1n) is 17.0. The molecule has 1 unspecified atom stereocenters. The molecular weight excluding hydrogens is 732 g/mol. The lowest BCUT2D eigenvalue weighted by Gasteiger charge is -2.26. The van der Waals surface area contributed by atoms with Gasteiger partial charge in [-0.2, -0.15) is 0 Å². The minimum Gasteiger partial charge on any atom is -0.374 e. The molecule has 1 aliphatic rings. The van der Waals surface area contributed by atoms with Crippen LogP contribution in [0.15, 0.2) is 138 Å². The average molecular weight is 786 g/mol. The molecule has 0 bridgehead atoms. The topological polar surface area (TPSA) is 96.4 Å². The van der Waals surface area contributed by atoms with E-state index in [9.17, 15) is 27.0 Å². The largest absolute Gasteiger partial charge is 0.374 e. The third kappa shape index (κ3) is 21.7. The van der Waals surface area contributed by atoms with Gasteiger partial charge >= 0.3 is 0 Å². The van der Waals surface area contributed by atoms with Gasteiger partial charge in [-0.25, -0.2) is 13.2 Å². The van der Waals surface area contributed by atoms with Crippen LogP contribution in [-0.2, 0) is 20.4 Å². The molecule has 2 heterocycles. The van der Waals surface area contributed by atoms with Crippen LogP contribution >= 0.6 is 11.8 Å². The Morgan fingerprint density at radius 2 is 1.72 bits per heavy atom. The number of pyridine rings is 1. The van der Waals surface area contributed by atoms with E-state index in [-0.39, 0.29) is 11.2 Å². The first-order valence-corrected chi connectivity index (χ1v) is 20.0. The van der Waals surface area contributed by atoms with E-state index in [0.717, 1.165) is 58.6 Å². The van der Waals surface area contributed by atoms with Crippen molar-refractivity contribution >= 4 is 41.0 Å². The van der Waals surface area contributed by atoms with Crippen molar-refractivity contribution in [2.75, 3.05) is 31.9 Å². The number of rotatable bonds is 11. The van der Waals surface area contributed by atoms with Crippen LogP contribution in [0.5, 0.6) is 0 Å². The van der Waals surface area contributed by atoms with Crippen molar-refractivity contribution in [2.45, 2.75) is 48.0 Å². The second-order valence-electron chi connectivity index (χ2n) is 10.5. The summed E-state index contributed by atoms with van der Waals surface area (Å²) in [5.41, 5.74) is 4.78. The van der Waals surface area contributed by atoms with Crippen molar-refractivity contribution in [2.24, 2.45) is 0 Å². The quantitative estimate of drug-likeness (QED) is 0.138. The van der Waals surface area contributed by atoms with E-state index in [1.165, 1.54) is 31.2 Å². The minimum atomic E-state index is -0.896. The van der Waals surface area contributed by atoms with E-state index in [1.807, 2.05) is 76.0 Å². The van der Waals surface area contributed by atoms with Crippen molar-refractivity contribution < 1.29 is 31.8 Å². The molecule has 0 saturated carbocycles. The van der Waals surface area contributed by atoms with E-state index in [1.54, 1.807) is 43.9 Å². The summed E-state index contributed by atoms with van der Waals surface area (Å²) in [6.07, 6.45) is 18.8. The van der Waals surface area contributed by atoms with E-state index in [2.05, 4.69) is 16.9 Å². The lowest BCUT2D eigenvalue weighted by atomic mass is 10.0. The SMILES string of the molecule is C=C/C=C(F)\C=C1C=C(/C=C(\SC)C(=O)NC(=C\F)/C(F)=C\C=C/C)CCN/1C.CC.CC=O.CCS(C)=O.Cc1ncccc1-c1ccc(C=O)cc1. The number of likely N-dealkylation sites (N-methyl/N-ethyl adjacent to an activating group) is 1. The molecular formula is C42H54F3N3O4S2. The maximum absolute atomic E-state index is 13.9. The van der Waals surface area contributed by atoms with Crippen LogP contribution < -0.4 is 5.32 Å². The maximum Gasteiger partial charge on any atom is 0.262 e. The number of hydrogen-bond acceptors (Lipinski definition) is 7. The Hall–Kier alpha value is -4.81. The number of halogens is 3. The van der Waals surface area contributed by atoms with Crippen LogP contribution in [0.4, 0.5) is 13.2 Å². The molecule has 54 heavy (non-hydrogen) atoms. The molecule has 1 N–H and O–H groups in total. The summed E-state index contributed by atoms with van der Waals surface area (Å²) in [6, 6.07) is 11.4. The summed E-state index contributed by atoms with van der Waals surface area (Å²) >= 11 is 1.15. The molecule has 3 rings (SSSR count). The highest BCUT2D eigenvalue weighted by molar-refractivity contribution is 8.03. The van der Waals surface area contributed by atoms with E-state index < -0.39 is 34.1 Å². The molecule has 7 nitrogen and oxygen atoms in total. The van der Waals surface area contributed by atoms with Gasteiger partial charge in [0.2, 0.25) is 0 Å². The predicted octanol–water partition coefficient (Wildman–Crippen LogP) is 10.3. The van der Waals surface area contributed by atoms with Gasteiger partial charge in [-0.05, 0) is 81.0 Å². The second-order valence-corrected chi connectivity index (χ2v) is 13.0. The van der Waals surface area contributed by atoms with Crippen molar-refractivity contribution in [1.29, 1.82) is 0 Å². The van der Waals surface area contributed by atoms with Crippen LogP contribution in [0.2, 0.25) is 0 Å². The van der Waals surface area contributed by atoms with Gasteiger partial charge in [0.25, 0.3) is 5.91 Å². The van der Waals surface area contributed by atoms with E-state index in [0.29, 0.717) is 24.2 Å². The molecule has 0 spiro atoms. The zero-order valence-electron chi connectivity index (χ0n) is 32.7. The third-order valence-corrected chi connectivity index (χ3v) is 8.21. The Balaban J connectivity index is 0. The summed E-state index contributed by atoms with van der Waals surface area (Å²) in [7, 11) is 1.27. The van der Waals surface area contributed by atoms with Crippen LogP contribution in [-0.4, -0.2) is 64.4 Å². The number of benzene rings is 1. The van der Waals surface area contributed by atoms with Gasteiger partial charge in [-0.1, -0.05) is 75.9 Å². The monoisotopic (exact) mass is 785 g/mol. The Morgan fingerprint density at radius 1 is 1.11 bits per heavy atom. The lowest BCUT2D eigenvalue weighted by molar-refractivity contribution is -0.116. The van der Waals surface area contributed by atoms with Gasteiger partial charge in [0.15, 0.2) is 0 Å². The molecule has 1 atom stereocenters. The Morgan fingerprint density at radius 3 is 2.20 bits per heavy atom. The minimum absolute atomic E-state index is 0.00950. The molecule has 2 aromatic rings. The smallest absolute Gasteiger partial charge is 0.262 e. The van der Waals surface area contributed by atoms with Gasteiger partial charge < -0.3 is 15.0 Å². The fourth-order valence-corrected chi connectivity index (χ4v) is 4.38. The van der Waals surface area contributed by atoms with Crippen molar-refractivity contribution in [3.8, 4) is 11.1 Å². The number of aryl methyl sites for hydroxylation is 1. The van der Waals surface area contributed by atoms with Crippen LogP contribution in [0.3, 0.4) is 0 Å². The molecule has 1 aliphatic heterocycles. The molecule has 1 amide bonds. The highest BCUT2D eigenvalue weighted by Gasteiger charge is 2.17. The first-order chi connectivity index (χ1) is 25.8. The second kappa shape index (κ2) is 31.7. The van der Waals surface area contributed by atoms with E-state index >= 15 is 0 Å². The molecule has 0 aliphatic carbocycles. The van der Waals surface area contributed by atoms with E-state index in [4.69, 9.17) is 4.79 Å². The maximum atomic E-state index is 13.9. The standard InChI is InChI=1S/C22H25F3N2OS.C13H11NO.C3H8OS.C2H4O.C2H6/c1-5-7-9-19(25)20(15-23)26-22(28)21(29-4)13-16-10-11-27(3)18(12-16)14-17(24)8-6-2;1-10-13(3-2-8-14-10)12-6-4-11(9-15)5-7-12;1-3-5(2)4;1-2-3;1-2/h5-9,12-15H,2,10-11H2,1,3-4H3,(H,26,28);2-9H,1H3;3H2,1-2H3;2H,1H3;1-2H3/b7-5-,17-8+,18-14+,19-9+,20-15-,21-13-;;;;. The number of carbonyl (C=O) groups excluding carboxylic acids is 3. The molecule has 12 heteroatoms. The Bertz CT molecular complexity index is 1710. The zero-order valence-corrected chi connectivity index (χ0v) is 34.3. The summed E-state index contributed by atoms with van der Waals surface area (Å²) in [4.78, 5) is 38.2. The van der Waals surface area contributed by atoms with Crippen LogP contribution in [0, 0.1) is 6.92 Å². The lowest BCUT2D eigenvalue weighted by Crippen LogP contribution is -2.25. The first kappa shape index (κ1) is 51.3. The van der Waals surface area contributed by atoms with Gasteiger partial charge in [0, 0.05) is 65.1 Å².